The van der Waals surface area contributed by atoms with E-state index < -0.39 is 0 Å². The number of ether oxygens (including phenoxy) is 2. The third-order valence-corrected chi connectivity index (χ3v) is 6.10. The van der Waals surface area contributed by atoms with Gasteiger partial charge >= 0.3 is 0 Å². The van der Waals surface area contributed by atoms with Crippen LogP contribution in [0, 0.1) is 5.92 Å². The molecule has 160 valence electrons. The van der Waals surface area contributed by atoms with Crippen LogP contribution in [0.25, 0.3) is 22.1 Å². The number of nitrogens with zero attached hydrogens (tertiary/aromatic N) is 2. The maximum atomic E-state index is 12.9. The Hall–Kier alpha value is -3.64. The van der Waals surface area contributed by atoms with E-state index in [1.54, 1.807) is 4.40 Å². The minimum atomic E-state index is -0.0359. The van der Waals surface area contributed by atoms with Gasteiger partial charge in [0.2, 0.25) is 0 Å². The van der Waals surface area contributed by atoms with Crippen molar-refractivity contribution in [3.8, 4) is 11.5 Å². The molecule has 0 fully saturated rings. The second-order valence-corrected chi connectivity index (χ2v) is 8.75. The first-order valence-corrected chi connectivity index (χ1v) is 11.3. The van der Waals surface area contributed by atoms with Gasteiger partial charge < -0.3 is 9.47 Å². The smallest absolute Gasteiger partial charge is 0.274 e. The summed E-state index contributed by atoms with van der Waals surface area (Å²) in [5.74, 6) is 1.91. The largest absolute Gasteiger partial charge is 0.493 e. The van der Waals surface area contributed by atoms with Crippen LogP contribution in [0.4, 0.5) is 0 Å². The highest BCUT2D eigenvalue weighted by molar-refractivity contribution is 7.15. The van der Waals surface area contributed by atoms with E-state index in [0.717, 1.165) is 28.1 Å². The van der Waals surface area contributed by atoms with Crippen LogP contribution in [-0.2, 0) is 0 Å². The number of thiazole rings is 1. The summed E-state index contributed by atoms with van der Waals surface area (Å²) in [4.78, 5) is 18.2. The molecule has 5 nitrogen and oxygen atoms in total. The summed E-state index contributed by atoms with van der Waals surface area (Å²) in [6, 6.07) is 25.2. The van der Waals surface area contributed by atoms with Gasteiger partial charge in [0.05, 0.1) is 28.8 Å². The zero-order valence-corrected chi connectivity index (χ0v) is 18.4. The highest BCUT2D eigenvalue weighted by Crippen LogP contribution is 2.17. The molecule has 3 aromatic carbocycles. The van der Waals surface area contributed by atoms with Crippen molar-refractivity contribution in [2.45, 2.75) is 6.92 Å². The number of fused-ring (bicyclic) bond motifs is 3. The van der Waals surface area contributed by atoms with Crippen LogP contribution in [0.3, 0.4) is 0 Å². The third-order valence-electron chi connectivity index (χ3n) is 5.14. The predicted molar refractivity (Wildman–Crippen MR) is 129 cm³/mol. The summed E-state index contributed by atoms with van der Waals surface area (Å²) >= 11 is 1.41. The zero-order valence-electron chi connectivity index (χ0n) is 17.6. The molecular formula is C26H22N2O3S. The second-order valence-electron chi connectivity index (χ2n) is 7.74. The molecule has 0 aliphatic heterocycles. The molecular weight excluding hydrogens is 420 g/mol. The van der Waals surface area contributed by atoms with E-state index in [4.69, 9.17) is 9.47 Å². The fourth-order valence-corrected chi connectivity index (χ4v) is 4.45. The molecule has 1 atom stereocenters. The van der Waals surface area contributed by atoms with E-state index in [1.165, 1.54) is 11.3 Å². The van der Waals surface area contributed by atoms with E-state index in [1.807, 2.05) is 84.9 Å². The number of hydrogen-bond acceptors (Lipinski definition) is 5. The summed E-state index contributed by atoms with van der Waals surface area (Å²) in [7, 11) is 0. The maximum absolute atomic E-state index is 12.9. The monoisotopic (exact) mass is 442 g/mol. The molecule has 2 aromatic heterocycles. The van der Waals surface area contributed by atoms with E-state index in [2.05, 4.69) is 11.9 Å². The average molecular weight is 443 g/mol. The van der Waals surface area contributed by atoms with Gasteiger partial charge in [-0.05, 0) is 48.0 Å². The summed E-state index contributed by atoms with van der Waals surface area (Å²) in [6.45, 7) is 3.25. The first-order chi connectivity index (χ1) is 15.7. The Morgan fingerprint density at radius 2 is 1.56 bits per heavy atom. The molecule has 0 radical (unpaired) electrons. The fourth-order valence-electron chi connectivity index (χ4n) is 3.47. The third kappa shape index (κ3) is 4.22. The fraction of sp³-hybridized carbons (Fsp3) is 0.154. The highest BCUT2D eigenvalue weighted by Gasteiger charge is 2.10. The Bertz CT molecular complexity index is 1460. The van der Waals surface area contributed by atoms with Crippen molar-refractivity contribution in [3.05, 3.63) is 99.3 Å². The normalized spacial score (nSPS) is 13.0. The van der Waals surface area contributed by atoms with Gasteiger partial charge in [0.25, 0.3) is 5.56 Å². The van der Waals surface area contributed by atoms with Crippen molar-refractivity contribution in [1.29, 1.82) is 0 Å². The second kappa shape index (κ2) is 8.85. The number of rotatable bonds is 7. The quantitative estimate of drug-likeness (QED) is 0.371. The number of aromatic nitrogens is 2. The Kier molecular flexibility index (Phi) is 5.60. The van der Waals surface area contributed by atoms with Gasteiger partial charge in [-0.2, -0.15) is 0 Å². The lowest BCUT2D eigenvalue weighted by Gasteiger charge is -2.14. The van der Waals surface area contributed by atoms with Gasteiger partial charge in [-0.3, -0.25) is 4.79 Å². The van der Waals surface area contributed by atoms with Gasteiger partial charge in [-0.15, -0.1) is 0 Å². The van der Waals surface area contributed by atoms with Crippen molar-refractivity contribution >= 4 is 33.4 Å². The van der Waals surface area contributed by atoms with Crippen LogP contribution in [0.5, 0.6) is 11.5 Å². The molecule has 2 heterocycles. The molecule has 5 rings (SSSR count). The summed E-state index contributed by atoms with van der Waals surface area (Å²) in [5.41, 5.74) is 2.60. The number of imidazole rings is 1. The van der Waals surface area contributed by atoms with E-state index in [-0.39, 0.29) is 11.5 Å². The first-order valence-electron chi connectivity index (χ1n) is 10.5. The molecule has 0 unspecified atom stereocenters. The lowest BCUT2D eigenvalue weighted by Crippen LogP contribution is -2.22. The van der Waals surface area contributed by atoms with Crippen molar-refractivity contribution in [1.82, 2.24) is 9.38 Å². The molecule has 0 amide bonds. The van der Waals surface area contributed by atoms with Crippen molar-refractivity contribution in [3.63, 3.8) is 0 Å². The molecule has 0 spiro atoms. The van der Waals surface area contributed by atoms with E-state index >= 15 is 0 Å². The van der Waals surface area contributed by atoms with Gasteiger partial charge in [0.1, 0.15) is 11.5 Å². The molecule has 5 aromatic rings. The van der Waals surface area contributed by atoms with Gasteiger partial charge in [0.15, 0.2) is 4.96 Å². The molecule has 0 saturated heterocycles. The first kappa shape index (κ1) is 20.3. The predicted octanol–water partition coefficient (Wildman–Crippen LogP) is 4.55. The van der Waals surface area contributed by atoms with Crippen LogP contribution in [0.15, 0.2) is 83.7 Å². The van der Waals surface area contributed by atoms with Crippen LogP contribution in [-0.4, -0.2) is 22.6 Å². The van der Waals surface area contributed by atoms with Crippen LogP contribution in [0.2, 0.25) is 0 Å². The van der Waals surface area contributed by atoms with Crippen molar-refractivity contribution in [2.24, 2.45) is 5.92 Å². The summed E-state index contributed by atoms with van der Waals surface area (Å²) in [5, 5.41) is 0. The molecule has 0 aliphatic carbocycles. The number of benzene rings is 3. The van der Waals surface area contributed by atoms with Crippen molar-refractivity contribution in [2.75, 3.05) is 13.2 Å². The molecule has 0 aliphatic rings. The molecule has 0 saturated carbocycles. The lowest BCUT2D eigenvalue weighted by atomic mass is 10.2. The van der Waals surface area contributed by atoms with Gasteiger partial charge in [-0.25, -0.2) is 9.38 Å². The molecule has 0 N–H and O–H groups in total. The SMILES string of the molecule is C[C@H](COc1ccccc1)COc1ccc(/C=c2\sc3nc4ccccc4n3c2=O)cc1. The lowest BCUT2D eigenvalue weighted by molar-refractivity contribution is 0.188. The standard InChI is InChI=1S/C26H22N2O3S/c1-18(16-30-20-7-3-2-4-8-20)17-31-21-13-11-19(12-14-21)15-24-25(29)28-23-10-6-5-9-22(23)27-26(28)32-24/h2-15,18H,16-17H2,1H3/b24-15-/t18-/m1/s1. The minimum Gasteiger partial charge on any atom is -0.493 e. The van der Waals surface area contributed by atoms with E-state index in [9.17, 15) is 4.79 Å². The Morgan fingerprint density at radius 1 is 0.906 bits per heavy atom. The number of hydrogen-bond donors (Lipinski definition) is 0. The topological polar surface area (TPSA) is 52.8 Å². The van der Waals surface area contributed by atoms with Gasteiger partial charge in [0, 0.05) is 5.92 Å². The molecule has 6 heteroatoms. The van der Waals surface area contributed by atoms with Crippen LogP contribution < -0.4 is 19.6 Å². The average Bonchev–Trinajstić information content (AvgIpc) is 3.34. The minimum absolute atomic E-state index is 0.0359. The zero-order chi connectivity index (χ0) is 21.9. The van der Waals surface area contributed by atoms with Crippen LogP contribution >= 0.6 is 11.3 Å². The Labute approximate surface area is 189 Å². The number of para-hydroxylation sites is 3. The van der Waals surface area contributed by atoms with Gasteiger partial charge in [-0.1, -0.05) is 60.7 Å². The molecule has 32 heavy (non-hydrogen) atoms. The van der Waals surface area contributed by atoms with Crippen molar-refractivity contribution < 1.29 is 9.47 Å². The Balaban J connectivity index is 1.25. The summed E-state index contributed by atoms with van der Waals surface area (Å²) < 4.78 is 14.0. The van der Waals surface area contributed by atoms with E-state index in [0.29, 0.717) is 22.7 Å². The van der Waals surface area contributed by atoms with Crippen LogP contribution in [0.1, 0.15) is 12.5 Å². The maximum Gasteiger partial charge on any atom is 0.274 e. The highest BCUT2D eigenvalue weighted by atomic mass is 32.1. The summed E-state index contributed by atoms with van der Waals surface area (Å²) in [6.07, 6.45) is 1.90. The molecule has 0 bridgehead atoms. The Morgan fingerprint density at radius 3 is 2.31 bits per heavy atom.